The minimum atomic E-state index is -3.66. The molecule has 0 bridgehead atoms. The van der Waals surface area contributed by atoms with Crippen LogP contribution in [0.1, 0.15) is 18.9 Å². The number of rotatable bonds is 6. The van der Waals surface area contributed by atoms with Gasteiger partial charge in [0, 0.05) is 31.0 Å². The molecule has 0 spiro atoms. The highest BCUT2D eigenvalue weighted by Crippen LogP contribution is 2.15. The summed E-state index contributed by atoms with van der Waals surface area (Å²) in [5.41, 5.74) is 5.78. The topological polar surface area (TPSA) is 96.5 Å². The maximum Gasteiger partial charge on any atom is 0.244 e. The molecule has 7 heteroatoms. The molecule has 20 heavy (non-hydrogen) atoms. The van der Waals surface area contributed by atoms with E-state index in [1.165, 1.54) is 22.8 Å². The van der Waals surface area contributed by atoms with E-state index < -0.39 is 10.0 Å². The lowest BCUT2D eigenvalue weighted by Gasteiger charge is -2.20. The van der Waals surface area contributed by atoms with Gasteiger partial charge < -0.3 is 10.8 Å². The van der Waals surface area contributed by atoms with Gasteiger partial charge in [0.1, 0.15) is 4.90 Å². The normalized spacial score (nSPS) is 11.2. The summed E-state index contributed by atoms with van der Waals surface area (Å²) >= 11 is 0. The zero-order valence-corrected chi connectivity index (χ0v) is 12.2. The fourth-order valence-corrected chi connectivity index (χ4v) is 3.16. The molecule has 0 aromatic carbocycles. The van der Waals surface area contributed by atoms with Gasteiger partial charge in [-0.3, -0.25) is 4.98 Å². The number of aliphatic hydroxyl groups is 1. The summed E-state index contributed by atoms with van der Waals surface area (Å²) in [4.78, 5) is 3.97. The molecule has 1 rings (SSSR count). The zero-order valence-electron chi connectivity index (χ0n) is 11.4. The molecular weight excluding hydrogens is 278 g/mol. The van der Waals surface area contributed by atoms with Crippen LogP contribution < -0.4 is 5.73 Å². The van der Waals surface area contributed by atoms with Crippen LogP contribution in [-0.4, -0.2) is 49.1 Å². The van der Waals surface area contributed by atoms with E-state index in [4.69, 9.17) is 10.8 Å². The third kappa shape index (κ3) is 4.28. The molecule has 0 atom stereocenters. The molecule has 0 unspecified atom stereocenters. The lowest BCUT2D eigenvalue weighted by atomic mass is 10.3. The summed E-state index contributed by atoms with van der Waals surface area (Å²) in [5, 5.41) is 8.99. The Morgan fingerprint density at radius 3 is 2.75 bits per heavy atom. The second-order valence-corrected chi connectivity index (χ2v) is 5.98. The Hall–Kier alpha value is -1.46. The van der Waals surface area contributed by atoms with Crippen LogP contribution in [0, 0.1) is 11.8 Å². The lowest BCUT2D eigenvalue weighted by molar-refractivity contribution is 0.253. The van der Waals surface area contributed by atoms with Crippen molar-refractivity contribution in [3.63, 3.8) is 0 Å². The first-order valence-electron chi connectivity index (χ1n) is 6.31. The molecule has 1 heterocycles. The molecule has 3 N–H and O–H groups in total. The minimum absolute atomic E-state index is 0.0644. The van der Waals surface area contributed by atoms with Crippen molar-refractivity contribution in [3.8, 4) is 11.8 Å². The van der Waals surface area contributed by atoms with Gasteiger partial charge in [-0.25, -0.2) is 8.42 Å². The average Bonchev–Trinajstić information content (AvgIpc) is 2.45. The van der Waals surface area contributed by atoms with Gasteiger partial charge in [-0.1, -0.05) is 18.8 Å². The smallest absolute Gasteiger partial charge is 0.244 e. The molecule has 1 aromatic heterocycles. The first-order valence-corrected chi connectivity index (χ1v) is 7.75. The Kier molecular flexibility index (Phi) is 6.61. The number of nitrogens with two attached hydrogens (primary N) is 1. The maximum atomic E-state index is 12.4. The number of aromatic nitrogens is 1. The highest BCUT2D eigenvalue weighted by atomic mass is 32.2. The molecule has 0 aliphatic heterocycles. The van der Waals surface area contributed by atoms with Gasteiger partial charge in [-0.15, -0.1) is 0 Å². The third-order valence-electron chi connectivity index (χ3n) is 2.51. The van der Waals surface area contributed by atoms with Crippen LogP contribution >= 0.6 is 0 Å². The Bertz CT molecular complexity index is 584. The number of hydrogen-bond donors (Lipinski definition) is 2. The SMILES string of the molecule is CCCN(CCO)S(=O)(=O)c1cncc(C#CCN)c1. The third-order valence-corrected chi connectivity index (χ3v) is 4.37. The molecule has 0 radical (unpaired) electrons. The van der Waals surface area contributed by atoms with Crippen molar-refractivity contribution in [2.45, 2.75) is 18.2 Å². The molecule has 0 saturated carbocycles. The summed E-state index contributed by atoms with van der Waals surface area (Å²) in [6, 6.07) is 1.46. The predicted octanol–water partition coefficient (Wildman–Crippen LogP) is -0.215. The molecule has 0 saturated heterocycles. The van der Waals surface area contributed by atoms with Crippen molar-refractivity contribution in [2.24, 2.45) is 5.73 Å². The lowest BCUT2D eigenvalue weighted by Crippen LogP contribution is -2.34. The maximum absolute atomic E-state index is 12.4. The van der Waals surface area contributed by atoms with Crippen molar-refractivity contribution < 1.29 is 13.5 Å². The number of hydrogen-bond acceptors (Lipinski definition) is 5. The minimum Gasteiger partial charge on any atom is -0.395 e. The van der Waals surface area contributed by atoms with Gasteiger partial charge in [0.05, 0.1) is 13.2 Å². The van der Waals surface area contributed by atoms with E-state index in [0.29, 0.717) is 18.5 Å². The van der Waals surface area contributed by atoms with E-state index in [-0.39, 0.29) is 24.6 Å². The molecule has 0 aliphatic carbocycles. The van der Waals surface area contributed by atoms with Crippen molar-refractivity contribution in [2.75, 3.05) is 26.2 Å². The first-order chi connectivity index (χ1) is 9.56. The van der Waals surface area contributed by atoms with Crippen LogP contribution in [0.2, 0.25) is 0 Å². The van der Waals surface area contributed by atoms with E-state index in [1.807, 2.05) is 6.92 Å². The highest BCUT2D eigenvalue weighted by molar-refractivity contribution is 7.89. The summed E-state index contributed by atoms with van der Waals surface area (Å²) in [6.07, 6.45) is 3.43. The Morgan fingerprint density at radius 2 is 2.15 bits per heavy atom. The van der Waals surface area contributed by atoms with Crippen LogP contribution in [0.5, 0.6) is 0 Å². The molecule has 110 valence electrons. The summed E-state index contributed by atoms with van der Waals surface area (Å²) in [7, 11) is -3.66. The van der Waals surface area contributed by atoms with Gasteiger partial charge in [-0.2, -0.15) is 4.31 Å². The zero-order chi connectivity index (χ0) is 15.0. The largest absolute Gasteiger partial charge is 0.395 e. The van der Waals surface area contributed by atoms with Crippen LogP contribution in [0.15, 0.2) is 23.4 Å². The second-order valence-electron chi connectivity index (χ2n) is 4.04. The van der Waals surface area contributed by atoms with E-state index in [0.717, 1.165) is 0 Å². The van der Waals surface area contributed by atoms with Crippen LogP contribution in [0.4, 0.5) is 0 Å². The molecule has 1 aromatic rings. The second kappa shape index (κ2) is 7.97. The van der Waals surface area contributed by atoms with Crippen molar-refractivity contribution in [3.05, 3.63) is 24.0 Å². The van der Waals surface area contributed by atoms with Crippen molar-refractivity contribution in [1.29, 1.82) is 0 Å². The van der Waals surface area contributed by atoms with Gasteiger partial charge in [0.15, 0.2) is 0 Å². The molecule has 0 amide bonds. The van der Waals surface area contributed by atoms with Gasteiger partial charge in [-0.05, 0) is 12.5 Å². The van der Waals surface area contributed by atoms with Gasteiger partial charge >= 0.3 is 0 Å². The van der Waals surface area contributed by atoms with E-state index in [2.05, 4.69) is 16.8 Å². The number of aliphatic hydroxyl groups excluding tert-OH is 1. The Balaban J connectivity index is 3.13. The Labute approximate surface area is 119 Å². The fraction of sp³-hybridized carbons (Fsp3) is 0.462. The van der Waals surface area contributed by atoms with Crippen LogP contribution in [0.25, 0.3) is 0 Å². The van der Waals surface area contributed by atoms with Gasteiger partial charge in [0.25, 0.3) is 0 Å². The monoisotopic (exact) mass is 297 g/mol. The quantitative estimate of drug-likeness (QED) is 0.708. The molecule has 0 fully saturated rings. The highest BCUT2D eigenvalue weighted by Gasteiger charge is 2.23. The summed E-state index contributed by atoms with van der Waals surface area (Å²) in [6.45, 7) is 2.26. The summed E-state index contributed by atoms with van der Waals surface area (Å²) in [5.74, 6) is 5.40. The van der Waals surface area contributed by atoms with Crippen molar-refractivity contribution in [1.82, 2.24) is 9.29 Å². The fourth-order valence-electron chi connectivity index (χ4n) is 1.64. The standard InChI is InChI=1S/C13H19N3O3S/c1-2-6-16(7-8-17)20(18,19)13-9-12(4-3-5-14)10-15-11-13/h9-11,17H,2,5-8,14H2,1H3. The van der Waals surface area contributed by atoms with Crippen LogP contribution in [-0.2, 0) is 10.0 Å². The molecular formula is C13H19N3O3S. The number of pyridine rings is 1. The molecule has 6 nitrogen and oxygen atoms in total. The number of nitrogens with zero attached hydrogens (tertiary/aromatic N) is 2. The van der Waals surface area contributed by atoms with Gasteiger partial charge in [0.2, 0.25) is 10.0 Å². The van der Waals surface area contributed by atoms with E-state index in [9.17, 15) is 8.42 Å². The summed E-state index contributed by atoms with van der Waals surface area (Å²) < 4.78 is 26.1. The molecule has 0 aliphatic rings. The van der Waals surface area contributed by atoms with E-state index >= 15 is 0 Å². The Morgan fingerprint density at radius 1 is 1.40 bits per heavy atom. The average molecular weight is 297 g/mol. The van der Waals surface area contributed by atoms with E-state index in [1.54, 1.807) is 0 Å². The van der Waals surface area contributed by atoms with Crippen molar-refractivity contribution >= 4 is 10.0 Å². The predicted molar refractivity (Wildman–Crippen MR) is 76.3 cm³/mol. The number of sulfonamides is 1. The first kappa shape index (κ1) is 16.6. The van der Waals surface area contributed by atoms with Crippen LogP contribution in [0.3, 0.4) is 0 Å².